The van der Waals surface area contributed by atoms with Gasteiger partial charge in [0.05, 0.1) is 7.11 Å². The molecular formula is C14H19ClO. The Morgan fingerprint density at radius 3 is 2.50 bits per heavy atom. The molecule has 2 rings (SSSR count). The summed E-state index contributed by atoms with van der Waals surface area (Å²) >= 11 is 6.38. The lowest BCUT2D eigenvalue weighted by molar-refractivity contribution is 0.411. The van der Waals surface area contributed by atoms with Gasteiger partial charge in [-0.3, -0.25) is 0 Å². The molecule has 0 saturated heterocycles. The second-order valence-corrected chi connectivity index (χ2v) is 5.29. The van der Waals surface area contributed by atoms with Gasteiger partial charge in [0.25, 0.3) is 0 Å². The second-order valence-electron chi connectivity index (χ2n) is 4.73. The summed E-state index contributed by atoms with van der Waals surface area (Å²) in [5.41, 5.74) is 3.93. The molecule has 2 atom stereocenters. The van der Waals surface area contributed by atoms with Crippen molar-refractivity contribution in [2.45, 2.75) is 44.4 Å². The minimum atomic E-state index is 0.312. The predicted octanol–water partition coefficient (Wildman–Crippen LogP) is 4.19. The van der Waals surface area contributed by atoms with Gasteiger partial charge >= 0.3 is 0 Å². The Kier molecular flexibility index (Phi) is 3.44. The third-order valence-electron chi connectivity index (χ3n) is 3.61. The van der Waals surface area contributed by atoms with Crippen molar-refractivity contribution in [3.8, 4) is 5.75 Å². The van der Waals surface area contributed by atoms with Crippen LogP contribution in [0.4, 0.5) is 0 Å². The number of benzene rings is 1. The molecule has 2 heteroatoms. The van der Waals surface area contributed by atoms with E-state index in [1.165, 1.54) is 29.5 Å². The number of ether oxygens (including phenoxy) is 1. The van der Waals surface area contributed by atoms with Crippen LogP contribution in [0.1, 0.15) is 41.9 Å². The Labute approximate surface area is 103 Å². The van der Waals surface area contributed by atoms with Gasteiger partial charge in [-0.05, 0) is 49.4 Å². The fourth-order valence-corrected chi connectivity index (χ4v) is 3.11. The highest BCUT2D eigenvalue weighted by Crippen LogP contribution is 2.40. The van der Waals surface area contributed by atoms with Crippen molar-refractivity contribution in [1.82, 2.24) is 0 Å². The summed E-state index contributed by atoms with van der Waals surface area (Å²) < 4.78 is 5.34. The van der Waals surface area contributed by atoms with Crippen molar-refractivity contribution in [2.24, 2.45) is 0 Å². The second kappa shape index (κ2) is 4.67. The Balaban J connectivity index is 2.37. The number of hydrogen-bond acceptors (Lipinski definition) is 1. The monoisotopic (exact) mass is 238 g/mol. The van der Waals surface area contributed by atoms with Crippen LogP contribution in [0.2, 0.25) is 0 Å². The van der Waals surface area contributed by atoms with E-state index in [1.54, 1.807) is 7.11 Å². The average molecular weight is 239 g/mol. The first-order valence-electron chi connectivity index (χ1n) is 5.92. The van der Waals surface area contributed by atoms with E-state index in [9.17, 15) is 0 Å². The predicted molar refractivity (Wildman–Crippen MR) is 68.7 cm³/mol. The number of alkyl halides is 1. The summed E-state index contributed by atoms with van der Waals surface area (Å²) in [6.45, 7) is 4.25. The molecule has 1 aromatic carbocycles. The van der Waals surface area contributed by atoms with Gasteiger partial charge < -0.3 is 4.74 Å². The topological polar surface area (TPSA) is 9.23 Å². The van der Waals surface area contributed by atoms with Crippen molar-refractivity contribution in [2.75, 3.05) is 7.11 Å². The van der Waals surface area contributed by atoms with Gasteiger partial charge in [-0.2, -0.15) is 0 Å². The van der Waals surface area contributed by atoms with E-state index >= 15 is 0 Å². The Morgan fingerprint density at radius 2 is 1.94 bits per heavy atom. The Hall–Kier alpha value is -0.690. The molecule has 1 aromatic rings. The van der Waals surface area contributed by atoms with Gasteiger partial charge in [-0.1, -0.05) is 12.5 Å². The normalized spacial score (nSPS) is 24.8. The quantitative estimate of drug-likeness (QED) is 0.703. The van der Waals surface area contributed by atoms with Crippen molar-refractivity contribution in [3.63, 3.8) is 0 Å². The fourth-order valence-electron chi connectivity index (χ4n) is 2.70. The van der Waals surface area contributed by atoms with Crippen molar-refractivity contribution in [1.29, 1.82) is 0 Å². The SMILES string of the molecule is COc1cc(C)c(C2CCCC2Cl)cc1C. The zero-order valence-corrected chi connectivity index (χ0v) is 11.0. The minimum Gasteiger partial charge on any atom is -0.496 e. The van der Waals surface area contributed by atoms with Crippen LogP contribution in [-0.4, -0.2) is 12.5 Å². The molecule has 1 aliphatic carbocycles. The molecular weight excluding hydrogens is 220 g/mol. The highest BCUT2D eigenvalue weighted by atomic mass is 35.5. The summed E-state index contributed by atoms with van der Waals surface area (Å²) in [7, 11) is 1.72. The molecule has 0 heterocycles. The van der Waals surface area contributed by atoms with Crippen molar-refractivity contribution < 1.29 is 4.74 Å². The molecule has 0 bridgehead atoms. The molecule has 1 fully saturated rings. The zero-order chi connectivity index (χ0) is 11.7. The van der Waals surface area contributed by atoms with E-state index in [4.69, 9.17) is 16.3 Å². The zero-order valence-electron chi connectivity index (χ0n) is 10.2. The number of methoxy groups -OCH3 is 1. The Bertz CT molecular complexity index is 387. The fraction of sp³-hybridized carbons (Fsp3) is 0.571. The van der Waals surface area contributed by atoms with E-state index < -0.39 is 0 Å². The van der Waals surface area contributed by atoms with Crippen LogP contribution in [0.15, 0.2) is 12.1 Å². The molecule has 1 aliphatic rings. The molecule has 1 saturated carbocycles. The molecule has 2 unspecified atom stereocenters. The molecule has 0 aliphatic heterocycles. The molecule has 16 heavy (non-hydrogen) atoms. The van der Waals surface area contributed by atoms with E-state index in [0.29, 0.717) is 11.3 Å². The molecule has 0 aromatic heterocycles. The average Bonchev–Trinajstić information content (AvgIpc) is 2.67. The third-order valence-corrected chi connectivity index (χ3v) is 4.14. The van der Waals surface area contributed by atoms with Crippen LogP contribution in [0, 0.1) is 13.8 Å². The van der Waals surface area contributed by atoms with Gasteiger partial charge in [-0.15, -0.1) is 11.6 Å². The van der Waals surface area contributed by atoms with Crippen LogP contribution < -0.4 is 4.74 Å². The van der Waals surface area contributed by atoms with Gasteiger partial charge in [0.2, 0.25) is 0 Å². The van der Waals surface area contributed by atoms with Crippen LogP contribution >= 0.6 is 11.6 Å². The maximum atomic E-state index is 6.38. The molecule has 1 nitrogen and oxygen atoms in total. The number of halogens is 1. The van der Waals surface area contributed by atoms with Gasteiger partial charge in [0, 0.05) is 11.3 Å². The van der Waals surface area contributed by atoms with Crippen molar-refractivity contribution in [3.05, 3.63) is 28.8 Å². The molecule has 0 amide bonds. The summed E-state index contributed by atoms with van der Waals surface area (Å²) in [6.07, 6.45) is 3.63. The Morgan fingerprint density at radius 1 is 1.19 bits per heavy atom. The van der Waals surface area contributed by atoms with Crippen LogP contribution in [0.25, 0.3) is 0 Å². The van der Waals surface area contributed by atoms with E-state index in [1.807, 2.05) is 0 Å². The first kappa shape index (κ1) is 11.8. The highest BCUT2D eigenvalue weighted by Gasteiger charge is 2.28. The third kappa shape index (κ3) is 2.06. The molecule has 0 spiro atoms. The van der Waals surface area contributed by atoms with E-state index in [-0.39, 0.29) is 0 Å². The maximum absolute atomic E-state index is 6.38. The molecule has 88 valence electrons. The van der Waals surface area contributed by atoms with E-state index in [2.05, 4.69) is 26.0 Å². The standard InChI is InChI=1S/C14H19ClO/c1-9-8-14(16-3)10(2)7-12(9)11-5-4-6-13(11)15/h7-8,11,13H,4-6H2,1-3H3. The van der Waals surface area contributed by atoms with Crippen molar-refractivity contribution >= 4 is 11.6 Å². The summed E-state index contributed by atoms with van der Waals surface area (Å²) in [5.74, 6) is 1.51. The van der Waals surface area contributed by atoms with Gasteiger partial charge in [0.1, 0.15) is 5.75 Å². The molecule has 0 N–H and O–H groups in total. The first-order valence-corrected chi connectivity index (χ1v) is 6.36. The number of rotatable bonds is 2. The van der Waals surface area contributed by atoms with Crippen LogP contribution in [0.5, 0.6) is 5.75 Å². The smallest absolute Gasteiger partial charge is 0.122 e. The minimum absolute atomic E-state index is 0.312. The summed E-state index contributed by atoms with van der Waals surface area (Å²) in [5, 5.41) is 0.312. The molecule has 0 radical (unpaired) electrons. The van der Waals surface area contributed by atoms with E-state index in [0.717, 1.165) is 12.2 Å². The lowest BCUT2D eigenvalue weighted by Crippen LogP contribution is -2.07. The number of aryl methyl sites for hydroxylation is 2. The first-order chi connectivity index (χ1) is 7.63. The van der Waals surface area contributed by atoms with Gasteiger partial charge in [0.15, 0.2) is 0 Å². The van der Waals surface area contributed by atoms with Gasteiger partial charge in [-0.25, -0.2) is 0 Å². The van der Waals surface area contributed by atoms with Crippen LogP contribution in [0.3, 0.4) is 0 Å². The summed E-state index contributed by atoms with van der Waals surface area (Å²) in [4.78, 5) is 0. The maximum Gasteiger partial charge on any atom is 0.122 e. The van der Waals surface area contributed by atoms with Crippen LogP contribution in [-0.2, 0) is 0 Å². The lowest BCUT2D eigenvalue weighted by Gasteiger charge is -2.19. The summed E-state index contributed by atoms with van der Waals surface area (Å²) in [6, 6.07) is 4.38. The highest BCUT2D eigenvalue weighted by molar-refractivity contribution is 6.21. The number of hydrogen-bond donors (Lipinski definition) is 0. The lowest BCUT2D eigenvalue weighted by atomic mass is 9.91. The largest absolute Gasteiger partial charge is 0.496 e.